The second kappa shape index (κ2) is 10.6. The average Bonchev–Trinajstić information content (AvgIpc) is 2.77. The van der Waals surface area contributed by atoms with Crippen LogP contribution in [-0.4, -0.2) is 57.7 Å². The number of para-hydroxylation sites is 1. The first-order chi connectivity index (χ1) is 16.8. The van der Waals surface area contributed by atoms with Gasteiger partial charge in [-0.3, -0.25) is 4.79 Å². The van der Waals surface area contributed by atoms with Crippen LogP contribution in [0.4, 0.5) is 21.7 Å². The van der Waals surface area contributed by atoms with Crippen molar-refractivity contribution in [3.8, 4) is 0 Å². The summed E-state index contributed by atoms with van der Waals surface area (Å²) in [4.78, 5) is 20.7. The lowest BCUT2D eigenvalue weighted by molar-refractivity contribution is -0.114. The third-order valence-corrected chi connectivity index (χ3v) is 7.95. The summed E-state index contributed by atoms with van der Waals surface area (Å²) in [6, 6.07) is 12.1. The van der Waals surface area contributed by atoms with Crippen LogP contribution in [0.25, 0.3) is 0 Å². The van der Waals surface area contributed by atoms with Gasteiger partial charge in [-0.2, -0.15) is 12.7 Å². The van der Waals surface area contributed by atoms with E-state index in [-0.39, 0.29) is 22.2 Å². The summed E-state index contributed by atoms with van der Waals surface area (Å²) in [6.07, 6.45) is 0. The van der Waals surface area contributed by atoms with Crippen LogP contribution < -0.4 is 14.3 Å². The molecule has 0 aliphatic carbocycles. The van der Waals surface area contributed by atoms with Crippen molar-refractivity contribution in [3.63, 3.8) is 0 Å². The molecule has 0 aliphatic rings. The molecule has 3 aromatic rings. The Morgan fingerprint density at radius 2 is 1.53 bits per heavy atom. The van der Waals surface area contributed by atoms with Gasteiger partial charge in [0.15, 0.2) is 0 Å². The molecule has 0 saturated carbocycles. The standard InChI is InChI=1S/C22H25FN6O5S2/c1-15-13-16(2)25-22(24-15)27-35(31,32)18-11-9-17(10-12-18)26-21(30)14-29(36(33,34)28(3)4)20-8-6-5-7-19(20)23/h5-13H,14H2,1-4H3,(H,26,30)(H,24,25,27). The average molecular weight is 537 g/mol. The number of amides is 1. The fourth-order valence-electron chi connectivity index (χ4n) is 3.14. The van der Waals surface area contributed by atoms with Gasteiger partial charge in [-0.25, -0.2) is 31.8 Å². The number of carbonyl (C=O) groups is 1. The smallest absolute Gasteiger partial charge is 0.304 e. The molecule has 0 atom stereocenters. The second-order valence-corrected chi connectivity index (χ2v) is 11.6. The zero-order chi connectivity index (χ0) is 26.7. The molecule has 0 fully saturated rings. The van der Waals surface area contributed by atoms with Gasteiger partial charge >= 0.3 is 10.2 Å². The van der Waals surface area contributed by atoms with Crippen molar-refractivity contribution >= 4 is 43.5 Å². The molecular formula is C22H25FN6O5S2. The second-order valence-electron chi connectivity index (χ2n) is 7.90. The van der Waals surface area contributed by atoms with Gasteiger partial charge in [-0.1, -0.05) is 12.1 Å². The largest absolute Gasteiger partial charge is 0.325 e. The SMILES string of the molecule is Cc1cc(C)nc(NS(=O)(=O)c2ccc(NC(=O)CN(c3ccccc3F)S(=O)(=O)N(C)C)cc2)n1. The molecule has 14 heteroatoms. The normalized spacial score (nSPS) is 11.8. The summed E-state index contributed by atoms with van der Waals surface area (Å²) >= 11 is 0. The number of benzene rings is 2. The van der Waals surface area contributed by atoms with Crippen LogP contribution in [0, 0.1) is 19.7 Å². The highest BCUT2D eigenvalue weighted by molar-refractivity contribution is 7.92. The first-order valence-corrected chi connectivity index (χ1v) is 13.4. The molecule has 1 heterocycles. The number of aromatic nitrogens is 2. The maximum absolute atomic E-state index is 14.3. The van der Waals surface area contributed by atoms with Crippen molar-refractivity contribution in [2.24, 2.45) is 0 Å². The zero-order valence-corrected chi connectivity index (χ0v) is 21.6. The number of hydrogen-bond donors (Lipinski definition) is 2. The Hall–Kier alpha value is -3.62. The Kier molecular flexibility index (Phi) is 7.91. The summed E-state index contributed by atoms with van der Waals surface area (Å²) in [6.45, 7) is 2.70. The third-order valence-electron chi connectivity index (χ3n) is 4.80. The Labute approximate surface area is 209 Å². The van der Waals surface area contributed by atoms with Crippen molar-refractivity contribution in [2.75, 3.05) is 35.0 Å². The van der Waals surface area contributed by atoms with Crippen molar-refractivity contribution < 1.29 is 26.0 Å². The number of hydrogen-bond acceptors (Lipinski definition) is 7. The molecule has 0 spiro atoms. The summed E-state index contributed by atoms with van der Waals surface area (Å²) < 4.78 is 69.0. The number of nitrogens with one attached hydrogen (secondary N) is 2. The molecule has 11 nitrogen and oxygen atoms in total. The summed E-state index contributed by atoms with van der Waals surface area (Å²) in [5.74, 6) is -1.65. The molecular weight excluding hydrogens is 511 g/mol. The van der Waals surface area contributed by atoms with E-state index in [0.717, 1.165) is 10.4 Å². The summed E-state index contributed by atoms with van der Waals surface area (Å²) in [5.41, 5.74) is 1.11. The first kappa shape index (κ1) is 27.0. The molecule has 3 rings (SSSR count). The Morgan fingerprint density at radius 1 is 0.944 bits per heavy atom. The number of sulfonamides is 1. The minimum Gasteiger partial charge on any atom is -0.325 e. The van der Waals surface area contributed by atoms with E-state index in [0.29, 0.717) is 15.7 Å². The highest BCUT2D eigenvalue weighted by Gasteiger charge is 2.29. The van der Waals surface area contributed by atoms with Crippen LogP contribution in [0.5, 0.6) is 0 Å². The molecule has 2 aromatic carbocycles. The molecule has 36 heavy (non-hydrogen) atoms. The van der Waals surface area contributed by atoms with E-state index in [9.17, 15) is 26.0 Å². The van der Waals surface area contributed by atoms with Gasteiger partial charge in [0.05, 0.1) is 10.6 Å². The maximum Gasteiger partial charge on any atom is 0.304 e. The number of rotatable bonds is 9. The molecule has 1 amide bonds. The number of carbonyl (C=O) groups excluding carboxylic acids is 1. The molecule has 0 unspecified atom stereocenters. The van der Waals surface area contributed by atoms with Gasteiger partial charge in [0.1, 0.15) is 12.4 Å². The van der Waals surface area contributed by atoms with Crippen molar-refractivity contribution in [3.05, 3.63) is 71.8 Å². The number of aryl methyl sites for hydroxylation is 2. The lowest BCUT2D eigenvalue weighted by Crippen LogP contribution is -2.44. The molecule has 192 valence electrons. The minimum absolute atomic E-state index is 0.0692. The monoisotopic (exact) mass is 536 g/mol. The molecule has 0 radical (unpaired) electrons. The van der Waals surface area contributed by atoms with Gasteiger partial charge in [-0.05, 0) is 56.3 Å². The number of nitrogens with zero attached hydrogens (tertiary/aromatic N) is 4. The highest BCUT2D eigenvalue weighted by Crippen LogP contribution is 2.23. The molecule has 0 bridgehead atoms. The van der Waals surface area contributed by atoms with Crippen molar-refractivity contribution in [2.45, 2.75) is 18.7 Å². The van der Waals surface area contributed by atoms with Gasteiger partial charge in [0.2, 0.25) is 11.9 Å². The van der Waals surface area contributed by atoms with E-state index >= 15 is 0 Å². The van der Waals surface area contributed by atoms with Crippen LogP contribution in [-0.2, 0) is 25.0 Å². The summed E-state index contributed by atoms with van der Waals surface area (Å²) in [7, 11) is -5.68. The zero-order valence-electron chi connectivity index (χ0n) is 19.9. The third kappa shape index (κ3) is 6.33. The maximum atomic E-state index is 14.3. The van der Waals surface area contributed by atoms with E-state index in [2.05, 4.69) is 20.0 Å². The van der Waals surface area contributed by atoms with Gasteiger partial charge in [0.25, 0.3) is 10.0 Å². The predicted molar refractivity (Wildman–Crippen MR) is 134 cm³/mol. The fraction of sp³-hybridized carbons (Fsp3) is 0.227. The summed E-state index contributed by atoms with van der Waals surface area (Å²) in [5, 5.41) is 2.49. The van der Waals surface area contributed by atoms with Crippen LogP contribution in [0.1, 0.15) is 11.4 Å². The molecule has 0 aliphatic heterocycles. The van der Waals surface area contributed by atoms with Crippen LogP contribution in [0.2, 0.25) is 0 Å². The Bertz CT molecular complexity index is 1460. The van der Waals surface area contributed by atoms with E-state index in [4.69, 9.17) is 0 Å². The van der Waals surface area contributed by atoms with Crippen LogP contribution in [0.3, 0.4) is 0 Å². The minimum atomic E-state index is -4.20. The van der Waals surface area contributed by atoms with E-state index < -0.39 is 38.5 Å². The lowest BCUT2D eigenvalue weighted by Gasteiger charge is -2.27. The van der Waals surface area contributed by atoms with Crippen LogP contribution in [0.15, 0.2) is 59.5 Å². The Morgan fingerprint density at radius 3 is 2.08 bits per heavy atom. The highest BCUT2D eigenvalue weighted by atomic mass is 32.2. The van der Waals surface area contributed by atoms with Gasteiger partial charge in [0, 0.05) is 31.2 Å². The van der Waals surface area contributed by atoms with E-state index in [1.54, 1.807) is 19.9 Å². The van der Waals surface area contributed by atoms with Gasteiger partial charge < -0.3 is 5.32 Å². The number of anilines is 3. The quantitative estimate of drug-likeness (QED) is 0.427. The molecule has 2 N–H and O–H groups in total. The van der Waals surface area contributed by atoms with Crippen molar-refractivity contribution in [1.82, 2.24) is 14.3 Å². The molecule has 1 aromatic heterocycles. The van der Waals surface area contributed by atoms with Crippen molar-refractivity contribution in [1.29, 1.82) is 0 Å². The Balaban J connectivity index is 1.77. The van der Waals surface area contributed by atoms with Gasteiger partial charge in [-0.15, -0.1) is 0 Å². The predicted octanol–water partition coefficient (Wildman–Crippen LogP) is 2.28. The van der Waals surface area contributed by atoms with Crippen LogP contribution >= 0.6 is 0 Å². The molecule has 0 saturated heterocycles. The first-order valence-electron chi connectivity index (χ1n) is 10.5. The lowest BCUT2D eigenvalue weighted by atomic mass is 10.3. The fourth-order valence-corrected chi connectivity index (χ4v) is 5.16. The van der Waals surface area contributed by atoms with E-state index in [1.165, 1.54) is 56.6 Å². The number of halogens is 1. The van der Waals surface area contributed by atoms with E-state index in [1.807, 2.05) is 0 Å². The topological polar surface area (TPSA) is 142 Å².